The molecule has 1 aromatic carbocycles. The van der Waals surface area contributed by atoms with Gasteiger partial charge < -0.3 is 9.64 Å². The van der Waals surface area contributed by atoms with Crippen LogP contribution in [-0.2, 0) is 25.5 Å². The first-order valence-electron chi connectivity index (χ1n) is 10.5. The zero-order chi connectivity index (χ0) is 21.1. The number of nitrogens with zero attached hydrogens (tertiary/aromatic N) is 1. The Morgan fingerprint density at radius 3 is 2.32 bits per heavy atom. The van der Waals surface area contributed by atoms with Crippen molar-refractivity contribution in [2.24, 2.45) is 5.92 Å². The molecule has 1 fully saturated rings. The number of likely N-dealkylation sites (tertiary alicyclic amines) is 1. The van der Waals surface area contributed by atoms with Crippen molar-refractivity contribution in [1.82, 2.24) is 4.90 Å². The fourth-order valence-electron chi connectivity index (χ4n) is 3.16. The van der Waals surface area contributed by atoms with Crippen LogP contribution < -0.4 is 0 Å². The van der Waals surface area contributed by atoms with Crippen molar-refractivity contribution >= 4 is 17.7 Å². The zero-order valence-electron chi connectivity index (χ0n) is 17.9. The maximum absolute atomic E-state index is 12.6. The van der Waals surface area contributed by atoms with Crippen LogP contribution in [0.1, 0.15) is 65.9 Å². The van der Waals surface area contributed by atoms with Crippen LogP contribution in [0, 0.1) is 5.92 Å². The lowest BCUT2D eigenvalue weighted by Crippen LogP contribution is -2.52. The molecule has 28 heavy (non-hydrogen) atoms. The number of carbonyl (C=O) groups excluding carboxylic acids is 3. The molecule has 2 unspecified atom stereocenters. The van der Waals surface area contributed by atoms with Gasteiger partial charge in [-0.25, -0.2) is 4.79 Å². The van der Waals surface area contributed by atoms with Gasteiger partial charge >= 0.3 is 5.97 Å². The molecule has 2 atom stereocenters. The van der Waals surface area contributed by atoms with Crippen LogP contribution in [-0.4, -0.2) is 41.3 Å². The van der Waals surface area contributed by atoms with E-state index in [0.717, 1.165) is 25.7 Å². The first-order valence-corrected chi connectivity index (χ1v) is 10.5. The van der Waals surface area contributed by atoms with Gasteiger partial charge in [-0.2, -0.15) is 0 Å². The predicted molar refractivity (Wildman–Crippen MR) is 111 cm³/mol. The highest BCUT2D eigenvalue weighted by Crippen LogP contribution is 2.20. The third kappa shape index (κ3) is 7.10. The summed E-state index contributed by atoms with van der Waals surface area (Å²) in [6, 6.07) is 9.41. The Morgan fingerprint density at radius 2 is 1.71 bits per heavy atom. The number of esters is 1. The molecule has 1 heterocycles. The second-order valence-electron chi connectivity index (χ2n) is 7.30. The summed E-state index contributed by atoms with van der Waals surface area (Å²) in [6.07, 6.45) is 3.54. The van der Waals surface area contributed by atoms with Gasteiger partial charge in [-0.1, -0.05) is 58.0 Å². The lowest BCUT2D eigenvalue weighted by molar-refractivity contribution is -0.162. The molecule has 0 spiro atoms. The third-order valence-electron chi connectivity index (χ3n) is 4.77. The van der Waals surface area contributed by atoms with Gasteiger partial charge in [-0.3, -0.25) is 9.59 Å². The van der Waals surface area contributed by atoms with E-state index in [1.165, 1.54) is 10.5 Å². The van der Waals surface area contributed by atoms with Gasteiger partial charge in [0, 0.05) is 12.5 Å². The maximum Gasteiger partial charge on any atom is 0.329 e. The Labute approximate surface area is 169 Å². The number of ether oxygens (including phenoxy) is 1. The Kier molecular flexibility index (Phi) is 10.5. The number of Topliss-reactive ketones (excluding diaryl/α,β-unsaturated/α-hetero) is 1. The lowest BCUT2D eigenvalue weighted by atomic mass is 9.99. The molecule has 0 aliphatic carbocycles. The molecule has 1 aliphatic heterocycles. The van der Waals surface area contributed by atoms with Gasteiger partial charge in [0.1, 0.15) is 6.04 Å². The normalized spacial score (nSPS) is 17.4. The first kappa shape index (κ1) is 23.9. The molecule has 0 aromatic heterocycles. The minimum absolute atomic E-state index is 0.234. The smallest absolute Gasteiger partial charge is 0.329 e. The van der Waals surface area contributed by atoms with Crippen LogP contribution in [0.3, 0.4) is 0 Å². The molecule has 5 nitrogen and oxygen atoms in total. The quantitative estimate of drug-likeness (QED) is 0.518. The van der Waals surface area contributed by atoms with Gasteiger partial charge in [-0.15, -0.1) is 0 Å². The number of carbonyl (C=O) groups is 3. The minimum atomic E-state index is -0.641. The Morgan fingerprint density at radius 1 is 1.07 bits per heavy atom. The minimum Gasteiger partial charge on any atom is -0.461 e. The van der Waals surface area contributed by atoms with Crippen molar-refractivity contribution in [3.8, 4) is 0 Å². The molecule has 5 heteroatoms. The fourth-order valence-corrected chi connectivity index (χ4v) is 3.16. The van der Waals surface area contributed by atoms with Gasteiger partial charge in [0.15, 0.2) is 0 Å². The zero-order valence-corrected chi connectivity index (χ0v) is 17.9. The highest BCUT2D eigenvalue weighted by Gasteiger charge is 2.37. The predicted octanol–water partition coefficient (Wildman–Crippen LogP) is 4.18. The van der Waals surface area contributed by atoms with E-state index in [4.69, 9.17) is 4.74 Å². The number of ketones is 1. The number of rotatable bonds is 7. The summed E-state index contributed by atoms with van der Waals surface area (Å²) in [4.78, 5) is 38.5. The van der Waals surface area contributed by atoms with Gasteiger partial charge in [-0.05, 0) is 44.6 Å². The van der Waals surface area contributed by atoms with Crippen LogP contribution in [0.25, 0.3) is 0 Å². The van der Waals surface area contributed by atoms with Crippen molar-refractivity contribution in [2.75, 3.05) is 6.54 Å². The van der Waals surface area contributed by atoms with Crippen molar-refractivity contribution in [3.05, 3.63) is 35.9 Å². The summed E-state index contributed by atoms with van der Waals surface area (Å²) in [7, 11) is 0. The Bertz CT molecular complexity index is 627. The molecular formula is C23H35NO4. The third-order valence-corrected chi connectivity index (χ3v) is 4.77. The molecule has 156 valence electrons. The van der Waals surface area contributed by atoms with E-state index in [2.05, 4.69) is 0 Å². The summed E-state index contributed by atoms with van der Waals surface area (Å²) in [5, 5.41) is 0. The number of hydrogen-bond donors (Lipinski definition) is 0. The number of piperidine rings is 1. The topological polar surface area (TPSA) is 63.7 Å². The molecule has 0 radical (unpaired) electrons. The van der Waals surface area contributed by atoms with Crippen molar-refractivity contribution in [2.45, 2.75) is 78.9 Å². The Balaban J connectivity index is 0.00000190. The van der Waals surface area contributed by atoms with Crippen molar-refractivity contribution < 1.29 is 19.1 Å². The highest BCUT2D eigenvalue weighted by molar-refractivity contribution is 6.37. The van der Waals surface area contributed by atoms with E-state index < -0.39 is 23.7 Å². The average Bonchev–Trinajstić information content (AvgIpc) is 2.73. The molecule has 1 aliphatic rings. The van der Waals surface area contributed by atoms with Crippen molar-refractivity contribution in [3.63, 3.8) is 0 Å². The van der Waals surface area contributed by atoms with Crippen LogP contribution in [0.5, 0.6) is 0 Å². The second-order valence-corrected chi connectivity index (χ2v) is 7.30. The molecule has 0 N–H and O–H groups in total. The van der Waals surface area contributed by atoms with Crippen LogP contribution in [0.2, 0.25) is 0 Å². The van der Waals surface area contributed by atoms with E-state index in [9.17, 15) is 14.4 Å². The molecule has 1 amide bonds. The van der Waals surface area contributed by atoms with Gasteiger partial charge in [0.25, 0.3) is 5.91 Å². The molecule has 1 aromatic rings. The monoisotopic (exact) mass is 389 g/mol. The summed E-state index contributed by atoms with van der Waals surface area (Å²) in [5.41, 5.74) is 1.20. The average molecular weight is 390 g/mol. The molecule has 0 bridgehead atoms. The standard InChI is InChI=1S/C21H29NO4.C2H6/c1-15(2)19(23)20(24)22-14-8-7-11-18(22)21(25)26-16(3)12-13-17-9-5-4-6-10-17;1-2/h4-6,9-10,15-16,18H,7-8,11-14H2,1-3H3;1-2H3. The first-order chi connectivity index (χ1) is 13.4. The molecular weight excluding hydrogens is 354 g/mol. The summed E-state index contributed by atoms with van der Waals surface area (Å²) in [6.45, 7) is 9.71. The van der Waals surface area contributed by atoms with E-state index in [-0.39, 0.29) is 12.0 Å². The molecule has 0 saturated carbocycles. The van der Waals surface area contributed by atoms with Gasteiger partial charge in [0.05, 0.1) is 6.10 Å². The van der Waals surface area contributed by atoms with Crippen molar-refractivity contribution in [1.29, 1.82) is 0 Å². The summed E-state index contributed by atoms with van der Waals surface area (Å²) >= 11 is 0. The van der Waals surface area contributed by atoms with E-state index in [0.29, 0.717) is 13.0 Å². The lowest BCUT2D eigenvalue weighted by Gasteiger charge is -2.34. The SMILES string of the molecule is CC.CC(CCc1ccccc1)OC(=O)C1CCCCN1C(=O)C(=O)C(C)C. The number of hydrogen-bond acceptors (Lipinski definition) is 4. The van der Waals surface area contributed by atoms with Crippen LogP contribution in [0.15, 0.2) is 30.3 Å². The number of benzene rings is 1. The fraction of sp³-hybridized carbons (Fsp3) is 0.609. The van der Waals surface area contributed by atoms with Gasteiger partial charge in [0.2, 0.25) is 5.78 Å². The number of aryl methyl sites for hydroxylation is 1. The molecule has 1 saturated heterocycles. The summed E-state index contributed by atoms with van der Waals surface area (Å²) in [5.74, 6) is -1.76. The molecule has 2 rings (SSSR count). The van der Waals surface area contributed by atoms with Crippen LogP contribution in [0.4, 0.5) is 0 Å². The largest absolute Gasteiger partial charge is 0.461 e. The second kappa shape index (κ2) is 12.3. The summed E-state index contributed by atoms with van der Waals surface area (Å²) < 4.78 is 5.59. The van der Waals surface area contributed by atoms with E-state index in [1.54, 1.807) is 13.8 Å². The Hall–Kier alpha value is -2.17. The van der Waals surface area contributed by atoms with E-state index in [1.807, 2.05) is 51.1 Å². The van der Waals surface area contributed by atoms with Crippen LogP contribution >= 0.6 is 0 Å². The maximum atomic E-state index is 12.6. The number of amides is 1. The van der Waals surface area contributed by atoms with E-state index >= 15 is 0 Å². The highest BCUT2D eigenvalue weighted by atomic mass is 16.5.